The topological polar surface area (TPSA) is 54.6 Å². The number of hydrogen-bond acceptors (Lipinski definition) is 4. The fraction of sp³-hybridized carbons (Fsp3) is 0.471. The van der Waals surface area contributed by atoms with Gasteiger partial charge in [0, 0.05) is 30.1 Å². The smallest absolute Gasteiger partial charge is 0.252 e. The van der Waals surface area contributed by atoms with Gasteiger partial charge in [-0.2, -0.15) is 0 Å². The van der Waals surface area contributed by atoms with Gasteiger partial charge in [0.05, 0.1) is 19.7 Å². The van der Waals surface area contributed by atoms with E-state index in [-0.39, 0.29) is 5.56 Å². The van der Waals surface area contributed by atoms with E-state index in [2.05, 4.69) is 23.7 Å². The zero-order chi connectivity index (χ0) is 16.3. The molecule has 1 aromatic heterocycles. The van der Waals surface area contributed by atoms with Crippen LogP contribution >= 0.6 is 0 Å². The van der Waals surface area contributed by atoms with Gasteiger partial charge in [0.2, 0.25) is 0 Å². The van der Waals surface area contributed by atoms with Gasteiger partial charge in [-0.25, -0.2) is 0 Å². The fourth-order valence-electron chi connectivity index (χ4n) is 2.67. The van der Waals surface area contributed by atoms with Gasteiger partial charge in [-0.15, -0.1) is 0 Å². The summed E-state index contributed by atoms with van der Waals surface area (Å²) in [6.07, 6.45) is 0. The number of aromatic amines is 1. The van der Waals surface area contributed by atoms with Crippen molar-refractivity contribution >= 4 is 10.9 Å². The van der Waals surface area contributed by atoms with Crippen LogP contribution in [0.1, 0.15) is 19.4 Å². The van der Waals surface area contributed by atoms with E-state index in [1.54, 1.807) is 20.3 Å². The zero-order valence-corrected chi connectivity index (χ0v) is 13.9. The first-order chi connectivity index (χ1) is 10.4. The number of aromatic nitrogens is 1. The lowest BCUT2D eigenvalue weighted by Gasteiger charge is -2.18. The highest BCUT2D eigenvalue weighted by Gasteiger charge is 2.11. The third-order valence-electron chi connectivity index (χ3n) is 3.54. The minimum atomic E-state index is -0.0599. The standard InChI is InChI=1S/C17H24N2O3/c1-11(2)9-19(3)10-13-6-12-7-15(21-4)16(22-5)8-14(12)18-17(13)20/h6-8,11H,9-10H2,1-5H3,(H,18,20). The van der Waals surface area contributed by atoms with Crippen LogP contribution in [0.4, 0.5) is 0 Å². The van der Waals surface area contributed by atoms with E-state index in [1.807, 2.05) is 19.2 Å². The summed E-state index contributed by atoms with van der Waals surface area (Å²) in [6, 6.07) is 5.60. The second-order valence-electron chi connectivity index (χ2n) is 6.01. The molecule has 5 nitrogen and oxygen atoms in total. The molecule has 1 aromatic carbocycles. The molecule has 0 unspecified atom stereocenters. The molecule has 0 saturated heterocycles. The van der Waals surface area contributed by atoms with Crippen molar-refractivity contribution in [2.45, 2.75) is 20.4 Å². The molecule has 22 heavy (non-hydrogen) atoms. The predicted molar refractivity (Wildman–Crippen MR) is 88.8 cm³/mol. The Morgan fingerprint density at radius 2 is 1.77 bits per heavy atom. The van der Waals surface area contributed by atoms with Gasteiger partial charge in [-0.05, 0) is 25.1 Å². The summed E-state index contributed by atoms with van der Waals surface area (Å²) in [6.45, 7) is 5.90. The summed E-state index contributed by atoms with van der Waals surface area (Å²) in [5.41, 5.74) is 1.44. The number of ether oxygens (including phenoxy) is 2. The molecule has 0 amide bonds. The van der Waals surface area contributed by atoms with Crippen molar-refractivity contribution in [3.05, 3.63) is 34.1 Å². The first kappa shape index (κ1) is 16.4. The Bertz CT molecular complexity index is 707. The molecule has 0 bridgehead atoms. The number of nitrogens with one attached hydrogen (secondary N) is 1. The van der Waals surface area contributed by atoms with Crippen molar-refractivity contribution in [3.63, 3.8) is 0 Å². The number of pyridine rings is 1. The Balaban J connectivity index is 2.41. The number of fused-ring (bicyclic) bond motifs is 1. The van der Waals surface area contributed by atoms with E-state index in [0.29, 0.717) is 24.0 Å². The zero-order valence-electron chi connectivity index (χ0n) is 13.9. The summed E-state index contributed by atoms with van der Waals surface area (Å²) >= 11 is 0. The first-order valence-corrected chi connectivity index (χ1v) is 7.41. The fourth-order valence-corrected chi connectivity index (χ4v) is 2.67. The van der Waals surface area contributed by atoms with E-state index in [1.165, 1.54) is 0 Å². The normalized spacial score (nSPS) is 11.4. The number of rotatable bonds is 6. The molecular weight excluding hydrogens is 280 g/mol. The average Bonchev–Trinajstić information content (AvgIpc) is 2.46. The van der Waals surface area contributed by atoms with Crippen LogP contribution in [-0.2, 0) is 6.54 Å². The van der Waals surface area contributed by atoms with Gasteiger partial charge in [0.25, 0.3) is 5.56 Å². The highest BCUT2D eigenvalue weighted by molar-refractivity contribution is 5.83. The number of methoxy groups -OCH3 is 2. The highest BCUT2D eigenvalue weighted by Crippen LogP contribution is 2.31. The Morgan fingerprint density at radius 1 is 1.14 bits per heavy atom. The molecule has 0 aliphatic heterocycles. The van der Waals surface area contributed by atoms with Crippen LogP contribution in [0.3, 0.4) is 0 Å². The van der Waals surface area contributed by atoms with Crippen molar-refractivity contribution in [1.82, 2.24) is 9.88 Å². The lowest BCUT2D eigenvalue weighted by molar-refractivity contribution is 0.287. The average molecular weight is 304 g/mol. The Labute approximate surface area is 130 Å². The highest BCUT2D eigenvalue weighted by atomic mass is 16.5. The molecule has 2 rings (SSSR count). The van der Waals surface area contributed by atoms with Gasteiger partial charge >= 0.3 is 0 Å². The second kappa shape index (κ2) is 6.83. The van der Waals surface area contributed by atoms with Gasteiger partial charge in [-0.3, -0.25) is 4.79 Å². The van der Waals surface area contributed by atoms with E-state index in [4.69, 9.17) is 9.47 Å². The van der Waals surface area contributed by atoms with E-state index in [0.717, 1.165) is 23.0 Å². The molecular formula is C17H24N2O3. The van der Waals surface area contributed by atoms with Crippen LogP contribution in [0, 0.1) is 5.92 Å². The van der Waals surface area contributed by atoms with Gasteiger partial charge in [-0.1, -0.05) is 13.8 Å². The molecule has 0 aliphatic rings. The molecule has 1 heterocycles. The van der Waals surface area contributed by atoms with E-state index < -0.39 is 0 Å². The number of benzene rings is 1. The van der Waals surface area contributed by atoms with Crippen LogP contribution in [0.15, 0.2) is 23.0 Å². The van der Waals surface area contributed by atoms with Crippen LogP contribution in [-0.4, -0.2) is 37.7 Å². The van der Waals surface area contributed by atoms with Crippen LogP contribution in [0.5, 0.6) is 11.5 Å². The minimum absolute atomic E-state index is 0.0599. The Kier molecular flexibility index (Phi) is 5.08. The second-order valence-corrected chi connectivity index (χ2v) is 6.01. The molecule has 0 aliphatic carbocycles. The first-order valence-electron chi connectivity index (χ1n) is 7.41. The molecule has 1 N–H and O–H groups in total. The number of nitrogens with zero attached hydrogens (tertiary/aromatic N) is 1. The molecule has 2 aromatic rings. The monoisotopic (exact) mass is 304 g/mol. The Hall–Kier alpha value is -2.01. The van der Waals surface area contributed by atoms with Crippen LogP contribution in [0.2, 0.25) is 0 Å². The van der Waals surface area contributed by atoms with Gasteiger partial charge < -0.3 is 19.4 Å². The van der Waals surface area contributed by atoms with Crippen molar-refractivity contribution in [1.29, 1.82) is 0 Å². The summed E-state index contributed by atoms with van der Waals surface area (Å²) < 4.78 is 10.6. The molecule has 0 fully saturated rings. The minimum Gasteiger partial charge on any atom is -0.493 e. The molecule has 0 radical (unpaired) electrons. The third kappa shape index (κ3) is 3.60. The van der Waals surface area contributed by atoms with Crippen molar-refractivity contribution in [2.75, 3.05) is 27.8 Å². The molecule has 0 spiro atoms. The van der Waals surface area contributed by atoms with Crippen molar-refractivity contribution < 1.29 is 9.47 Å². The van der Waals surface area contributed by atoms with Crippen molar-refractivity contribution in [2.24, 2.45) is 5.92 Å². The molecule has 120 valence electrons. The maximum absolute atomic E-state index is 12.3. The maximum Gasteiger partial charge on any atom is 0.252 e. The number of H-pyrrole nitrogens is 1. The van der Waals surface area contributed by atoms with Crippen LogP contribution < -0.4 is 15.0 Å². The summed E-state index contributed by atoms with van der Waals surface area (Å²) in [5, 5.41) is 0.935. The molecule has 5 heteroatoms. The Morgan fingerprint density at radius 3 is 2.36 bits per heavy atom. The van der Waals surface area contributed by atoms with Gasteiger partial charge in [0.1, 0.15) is 0 Å². The molecule has 0 saturated carbocycles. The largest absolute Gasteiger partial charge is 0.493 e. The lowest BCUT2D eigenvalue weighted by atomic mass is 10.1. The number of hydrogen-bond donors (Lipinski definition) is 1. The maximum atomic E-state index is 12.3. The summed E-state index contributed by atoms with van der Waals surface area (Å²) in [5.74, 6) is 1.83. The van der Waals surface area contributed by atoms with E-state index in [9.17, 15) is 4.79 Å². The SMILES string of the molecule is COc1cc2cc(CN(C)CC(C)C)c(=O)[nH]c2cc1OC. The van der Waals surface area contributed by atoms with Gasteiger partial charge in [0.15, 0.2) is 11.5 Å². The lowest BCUT2D eigenvalue weighted by Crippen LogP contribution is -2.26. The summed E-state index contributed by atoms with van der Waals surface area (Å²) in [4.78, 5) is 17.3. The van der Waals surface area contributed by atoms with Crippen LogP contribution in [0.25, 0.3) is 10.9 Å². The van der Waals surface area contributed by atoms with Crippen molar-refractivity contribution in [3.8, 4) is 11.5 Å². The quantitative estimate of drug-likeness (QED) is 0.891. The summed E-state index contributed by atoms with van der Waals surface area (Å²) in [7, 11) is 5.21. The predicted octanol–water partition coefficient (Wildman–Crippen LogP) is 2.63. The molecule has 0 atom stereocenters. The van der Waals surface area contributed by atoms with E-state index >= 15 is 0 Å². The third-order valence-corrected chi connectivity index (χ3v) is 3.54.